The quantitative estimate of drug-likeness (QED) is 0.712. The number of benzene rings is 1. The fourth-order valence-corrected chi connectivity index (χ4v) is 2.64. The van der Waals surface area contributed by atoms with Crippen molar-refractivity contribution in [1.82, 2.24) is 5.32 Å². The molecule has 1 aromatic rings. The molecule has 4 N–H and O–H groups in total. The first kappa shape index (κ1) is 18.3. The number of anilines is 1. The number of ether oxygens (including phenoxy) is 1. The van der Waals surface area contributed by atoms with Crippen LogP contribution in [0.3, 0.4) is 0 Å². The van der Waals surface area contributed by atoms with E-state index in [1.54, 1.807) is 12.1 Å². The van der Waals surface area contributed by atoms with Gasteiger partial charge in [-0.1, -0.05) is 19.9 Å². The lowest BCUT2D eigenvalue weighted by Crippen LogP contribution is -2.46. The molecule has 0 unspecified atom stereocenters. The minimum absolute atomic E-state index is 0.0254. The van der Waals surface area contributed by atoms with Crippen molar-refractivity contribution in [2.24, 2.45) is 11.7 Å². The highest BCUT2D eigenvalue weighted by Gasteiger charge is 2.18. The van der Waals surface area contributed by atoms with Gasteiger partial charge in [0.1, 0.15) is 5.75 Å². The zero-order valence-electron chi connectivity index (χ0n) is 14.4. The molecule has 6 nitrogen and oxygen atoms in total. The molecule has 1 aliphatic carbocycles. The molecule has 0 spiro atoms. The van der Waals surface area contributed by atoms with Crippen molar-refractivity contribution in [3.05, 3.63) is 24.3 Å². The molecule has 1 saturated carbocycles. The molecule has 0 aromatic heterocycles. The topological polar surface area (TPSA) is 93.5 Å². The standard InChI is InChI=1S/C18H27N3O3/c1-12(2)17(19)18(23)20-11-16(22)21-13-6-5-9-15(10-13)24-14-7-3-4-8-14/h5-6,9-10,12,14,17H,3-4,7-8,11,19H2,1-2H3,(H,20,23)(H,21,22)/t17-/m0/s1. The second-order valence-corrected chi connectivity index (χ2v) is 6.59. The zero-order chi connectivity index (χ0) is 17.5. The molecule has 6 heteroatoms. The summed E-state index contributed by atoms with van der Waals surface area (Å²) in [4.78, 5) is 23.7. The van der Waals surface area contributed by atoms with E-state index in [9.17, 15) is 9.59 Å². The van der Waals surface area contributed by atoms with Crippen LogP contribution >= 0.6 is 0 Å². The van der Waals surface area contributed by atoms with Crippen molar-refractivity contribution in [3.63, 3.8) is 0 Å². The van der Waals surface area contributed by atoms with Gasteiger partial charge in [0.05, 0.1) is 18.7 Å². The van der Waals surface area contributed by atoms with Gasteiger partial charge in [-0.2, -0.15) is 0 Å². The van der Waals surface area contributed by atoms with Crippen molar-refractivity contribution >= 4 is 17.5 Å². The molecular weight excluding hydrogens is 306 g/mol. The molecule has 0 saturated heterocycles. The molecular formula is C18H27N3O3. The smallest absolute Gasteiger partial charge is 0.243 e. The molecule has 2 rings (SSSR count). The number of rotatable bonds is 7. The van der Waals surface area contributed by atoms with E-state index in [2.05, 4.69) is 10.6 Å². The van der Waals surface area contributed by atoms with Crippen molar-refractivity contribution in [3.8, 4) is 5.75 Å². The summed E-state index contributed by atoms with van der Waals surface area (Å²) in [5.41, 5.74) is 6.39. The van der Waals surface area contributed by atoms with E-state index < -0.39 is 6.04 Å². The Labute approximate surface area is 143 Å². The molecule has 0 bridgehead atoms. The Hall–Kier alpha value is -2.08. The molecule has 24 heavy (non-hydrogen) atoms. The van der Waals surface area contributed by atoms with Crippen LogP contribution in [-0.2, 0) is 9.59 Å². The zero-order valence-corrected chi connectivity index (χ0v) is 14.4. The maximum Gasteiger partial charge on any atom is 0.243 e. The second kappa shape index (κ2) is 8.68. The lowest BCUT2D eigenvalue weighted by molar-refractivity contribution is -0.125. The minimum Gasteiger partial charge on any atom is -0.490 e. The van der Waals surface area contributed by atoms with Gasteiger partial charge in [0.15, 0.2) is 0 Å². The average molecular weight is 333 g/mol. The van der Waals surface area contributed by atoms with Crippen molar-refractivity contribution < 1.29 is 14.3 Å². The van der Waals surface area contributed by atoms with E-state index in [0.717, 1.165) is 18.6 Å². The highest BCUT2D eigenvalue weighted by atomic mass is 16.5. The van der Waals surface area contributed by atoms with Crippen LogP contribution in [0.1, 0.15) is 39.5 Å². The van der Waals surface area contributed by atoms with E-state index in [0.29, 0.717) is 5.69 Å². The van der Waals surface area contributed by atoms with E-state index in [4.69, 9.17) is 10.5 Å². The molecule has 1 fully saturated rings. The third-order valence-electron chi connectivity index (χ3n) is 4.17. The third-order valence-corrected chi connectivity index (χ3v) is 4.17. The average Bonchev–Trinajstić information content (AvgIpc) is 3.05. The van der Waals surface area contributed by atoms with E-state index in [1.807, 2.05) is 26.0 Å². The summed E-state index contributed by atoms with van der Waals surface area (Å²) in [5, 5.41) is 5.31. The summed E-state index contributed by atoms with van der Waals surface area (Å²) in [6.07, 6.45) is 4.85. The Morgan fingerprint density at radius 1 is 1.29 bits per heavy atom. The summed E-state index contributed by atoms with van der Waals surface area (Å²) in [6.45, 7) is 3.62. The Morgan fingerprint density at radius 2 is 2.00 bits per heavy atom. The van der Waals surface area contributed by atoms with Crippen molar-refractivity contribution in [2.75, 3.05) is 11.9 Å². The Balaban J connectivity index is 1.82. The largest absolute Gasteiger partial charge is 0.490 e. The first-order chi connectivity index (χ1) is 11.5. The predicted octanol–water partition coefficient (Wildman–Crippen LogP) is 2.05. The summed E-state index contributed by atoms with van der Waals surface area (Å²) < 4.78 is 5.92. The SMILES string of the molecule is CC(C)[C@H](N)C(=O)NCC(=O)Nc1cccc(OC2CCCC2)c1. The first-order valence-corrected chi connectivity index (χ1v) is 8.55. The second-order valence-electron chi connectivity index (χ2n) is 6.59. The van der Waals surface area contributed by atoms with Crippen LogP contribution in [0.15, 0.2) is 24.3 Å². The number of hydrogen-bond donors (Lipinski definition) is 3. The highest BCUT2D eigenvalue weighted by molar-refractivity contribution is 5.95. The highest BCUT2D eigenvalue weighted by Crippen LogP contribution is 2.25. The lowest BCUT2D eigenvalue weighted by atomic mass is 10.1. The molecule has 0 radical (unpaired) electrons. The summed E-state index contributed by atoms with van der Waals surface area (Å²) in [7, 11) is 0. The molecule has 1 atom stereocenters. The monoisotopic (exact) mass is 333 g/mol. The van der Waals surface area contributed by atoms with Crippen molar-refractivity contribution in [1.29, 1.82) is 0 Å². The van der Waals surface area contributed by atoms with Crippen LogP contribution in [0.25, 0.3) is 0 Å². The summed E-state index contributed by atoms with van der Waals surface area (Å²) >= 11 is 0. The van der Waals surface area contributed by atoms with Gasteiger partial charge < -0.3 is 21.1 Å². The Morgan fingerprint density at radius 3 is 2.67 bits per heavy atom. The molecule has 0 aliphatic heterocycles. The first-order valence-electron chi connectivity index (χ1n) is 8.55. The van der Waals surface area contributed by atoms with Gasteiger partial charge in [0.25, 0.3) is 0 Å². The number of hydrogen-bond acceptors (Lipinski definition) is 4. The predicted molar refractivity (Wildman–Crippen MR) is 93.8 cm³/mol. The van der Waals surface area contributed by atoms with Crippen molar-refractivity contribution in [2.45, 2.75) is 51.7 Å². The van der Waals surface area contributed by atoms with Gasteiger partial charge >= 0.3 is 0 Å². The number of amides is 2. The molecule has 1 aliphatic rings. The maximum absolute atomic E-state index is 12.0. The van der Waals surface area contributed by atoms with Gasteiger partial charge in [0.2, 0.25) is 11.8 Å². The number of nitrogens with two attached hydrogens (primary N) is 1. The number of nitrogens with one attached hydrogen (secondary N) is 2. The third kappa shape index (κ3) is 5.53. The minimum atomic E-state index is -0.610. The van der Waals surface area contributed by atoms with E-state index >= 15 is 0 Å². The van der Waals surface area contributed by atoms with Gasteiger partial charge in [-0.25, -0.2) is 0 Å². The normalized spacial score (nSPS) is 16.0. The van der Waals surface area contributed by atoms with Crippen LogP contribution < -0.4 is 21.1 Å². The van der Waals surface area contributed by atoms with Gasteiger partial charge in [-0.05, 0) is 43.7 Å². The van der Waals surface area contributed by atoms with Crippen LogP contribution in [-0.4, -0.2) is 30.5 Å². The van der Waals surface area contributed by atoms with Gasteiger partial charge in [-0.3, -0.25) is 9.59 Å². The maximum atomic E-state index is 12.0. The lowest BCUT2D eigenvalue weighted by Gasteiger charge is -2.16. The van der Waals surface area contributed by atoms with Crippen LogP contribution in [0, 0.1) is 5.92 Å². The Bertz CT molecular complexity index is 568. The Kier molecular flexibility index (Phi) is 6.61. The summed E-state index contributed by atoms with van der Waals surface area (Å²) in [5.74, 6) is 0.166. The fourth-order valence-electron chi connectivity index (χ4n) is 2.64. The fraction of sp³-hybridized carbons (Fsp3) is 0.556. The molecule has 1 aromatic carbocycles. The van der Waals surface area contributed by atoms with Gasteiger partial charge in [-0.15, -0.1) is 0 Å². The number of carbonyl (C=O) groups excluding carboxylic acids is 2. The summed E-state index contributed by atoms with van der Waals surface area (Å²) in [6, 6.07) is 6.71. The van der Waals surface area contributed by atoms with Crippen LogP contribution in [0.5, 0.6) is 5.75 Å². The number of carbonyl (C=O) groups is 2. The van der Waals surface area contributed by atoms with Gasteiger partial charge in [0, 0.05) is 11.8 Å². The van der Waals surface area contributed by atoms with Crippen LogP contribution in [0.2, 0.25) is 0 Å². The van der Waals surface area contributed by atoms with E-state index in [1.165, 1.54) is 12.8 Å². The molecule has 0 heterocycles. The molecule has 2 amide bonds. The molecule has 132 valence electrons. The van der Waals surface area contributed by atoms with Crippen LogP contribution in [0.4, 0.5) is 5.69 Å². The van der Waals surface area contributed by atoms with E-state index in [-0.39, 0.29) is 30.4 Å².